The van der Waals surface area contributed by atoms with Gasteiger partial charge in [0.15, 0.2) is 20.5 Å². The first-order valence-corrected chi connectivity index (χ1v) is 26.1. The second-order valence-corrected chi connectivity index (χ2v) is 19.7. The molecule has 9 nitrogen and oxygen atoms in total. The molecule has 1 saturated carbocycles. The highest BCUT2D eigenvalue weighted by Gasteiger charge is 2.37. The molecule has 6 rings (SSSR count). The van der Waals surface area contributed by atoms with E-state index >= 15 is 0 Å². The van der Waals surface area contributed by atoms with Crippen LogP contribution in [-0.4, -0.2) is 76.9 Å². The number of hydrogen-bond donors (Lipinski definition) is 1. The Labute approximate surface area is 392 Å². The van der Waals surface area contributed by atoms with Gasteiger partial charge in [0.05, 0.1) is 23.3 Å². The number of rotatable bonds is 13. The first-order valence-electron chi connectivity index (χ1n) is 24.2. The van der Waals surface area contributed by atoms with Crippen LogP contribution in [0.3, 0.4) is 0 Å². The molecule has 1 aliphatic heterocycles. The van der Waals surface area contributed by atoms with Gasteiger partial charge >= 0.3 is 0 Å². The number of halogens is 4. The third-order valence-corrected chi connectivity index (χ3v) is 13.5. The molecule has 2 aromatic carbocycles. The van der Waals surface area contributed by atoms with Crippen LogP contribution >= 0.6 is 0 Å². The molecule has 0 amide bonds. The van der Waals surface area contributed by atoms with E-state index in [1.165, 1.54) is 42.5 Å². The highest BCUT2D eigenvalue weighted by Crippen LogP contribution is 2.41. The molecule has 0 bridgehead atoms. The molecule has 2 aromatic heterocycles. The van der Waals surface area contributed by atoms with Gasteiger partial charge in [-0.1, -0.05) is 80.7 Å². The Morgan fingerprint density at radius 1 is 0.924 bits per heavy atom. The van der Waals surface area contributed by atoms with Gasteiger partial charge in [-0.05, 0) is 119 Å². The van der Waals surface area contributed by atoms with E-state index in [4.69, 9.17) is 20.1 Å². The molecule has 4 unspecified atom stereocenters. The van der Waals surface area contributed by atoms with Crippen molar-refractivity contribution >= 4 is 25.9 Å². The first kappa shape index (κ1) is 56.3. The number of sulfone groups is 1. The van der Waals surface area contributed by atoms with Crippen LogP contribution < -0.4 is 5.56 Å². The predicted octanol–water partition coefficient (Wildman–Crippen LogP) is 12.6. The van der Waals surface area contributed by atoms with Gasteiger partial charge in [0, 0.05) is 61.3 Å². The van der Waals surface area contributed by atoms with Crippen molar-refractivity contribution in [1.29, 1.82) is 5.41 Å². The summed E-state index contributed by atoms with van der Waals surface area (Å²) >= 11 is 0. The number of aryl methyl sites for hydroxylation is 2. The number of nitrogens with one attached hydrogen (secondary N) is 1. The fourth-order valence-corrected chi connectivity index (χ4v) is 9.74. The van der Waals surface area contributed by atoms with E-state index in [0.29, 0.717) is 58.7 Å². The number of aromatic nitrogens is 3. The Kier molecular flexibility index (Phi) is 21.7. The van der Waals surface area contributed by atoms with E-state index in [1.54, 1.807) is 32.0 Å². The monoisotopic (exact) mass is 944 g/mol. The quantitative estimate of drug-likeness (QED) is 0.0614. The zero-order valence-electron chi connectivity index (χ0n) is 41.9. The van der Waals surface area contributed by atoms with E-state index in [2.05, 4.69) is 25.7 Å². The van der Waals surface area contributed by atoms with Crippen molar-refractivity contribution in [2.75, 3.05) is 25.9 Å². The van der Waals surface area contributed by atoms with Crippen molar-refractivity contribution in [2.24, 2.45) is 5.92 Å². The van der Waals surface area contributed by atoms with E-state index in [1.807, 2.05) is 48.5 Å². The van der Waals surface area contributed by atoms with Gasteiger partial charge in [-0.15, -0.1) is 0 Å². The summed E-state index contributed by atoms with van der Waals surface area (Å²) in [5.41, 5.74) is 2.72. The summed E-state index contributed by atoms with van der Waals surface area (Å²) in [5, 5.41) is 8.24. The number of benzene rings is 2. The van der Waals surface area contributed by atoms with Crippen molar-refractivity contribution in [1.82, 2.24) is 19.4 Å². The molecule has 0 spiro atoms. The van der Waals surface area contributed by atoms with Crippen molar-refractivity contribution in [3.05, 3.63) is 97.7 Å². The van der Waals surface area contributed by atoms with Crippen molar-refractivity contribution in [3.63, 3.8) is 0 Å². The molecule has 66 heavy (non-hydrogen) atoms. The molecule has 4 atom stereocenters. The molecular weight excluding hydrogens is 867 g/mol. The van der Waals surface area contributed by atoms with Crippen LogP contribution in [-0.2, 0) is 27.4 Å². The highest BCUT2D eigenvalue weighted by atomic mass is 32.2. The van der Waals surface area contributed by atoms with Crippen LogP contribution in [0.4, 0.5) is 17.6 Å². The molecule has 1 saturated heterocycles. The Morgan fingerprint density at radius 2 is 1.52 bits per heavy atom. The maximum absolute atomic E-state index is 14.8. The normalized spacial score (nSPS) is 18.5. The lowest BCUT2D eigenvalue weighted by Gasteiger charge is -2.35. The predicted molar refractivity (Wildman–Crippen MR) is 263 cm³/mol. The van der Waals surface area contributed by atoms with Crippen LogP contribution in [0, 0.1) is 36.8 Å². The number of fused-ring (bicyclic) bond motifs is 1. The Bertz CT molecular complexity index is 2370. The number of alkyl halides is 2. The summed E-state index contributed by atoms with van der Waals surface area (Å²) in [7, 11) is -3.92. The molecule has 368 valence electrons. The summed E-state index contributed by atoms with van der Waals surface area (Å²) in [6.45, 7) is 27.3. The van der Waals surface area contributed by atoms with E-state index in [-0.39, 0.29) is 66.4 Å². The highest BCUT2D eigenvalue weighted by molar-refractivity contribution is 8.06. The minimum Gasteiger partial charge on any atom is -0.373 e. The van der Waals surface area contributed by atoms with Gasteiger partial charge in [0.2, 0.25) is 5.92 Å². The minimum atomic E-state index is -3.92. The van der Waals surface area contributed by atoms with Gasteiger partial charge in [-0.3, -0.25) is 19.7 Å². The van der Waals surface area contributed by atoms with E-state index in [0.717, 1.165) is 25.4 Å². The maximum atomic E-state index is 14.8. The molecule has 1 aliphatic carbocycles. The van der Waals surface area contributed by atoms with Gasteiger partial charge in [-0.2, -0.15) is 0 Å². The summed E-state index contributed by atoms with van der Waals surface area (Å²) in [6, 6.07) is 8.44. The number of hydrogen-bond acceptors (Lipinski definition) is 8. The van der Waals surface area contributed by atoms with Crippen molar-refractivity contribution in [2.45, 2.75) is 177 Å². The standard InChI is InChI=1S/C37H42F4N4O3S.C11H23NO.2C2H6/c1-7-20(3)28(18-23-16-26(38)19-27(39)17-23)35-44-34-31(21(4)15-29(43-34)25-11-13-37(40,41)14-12-25)36(46)45(35)30-10-9-24(8-2)32(22(30)5)33(42)49(6,47)48;1-4-5-6-7-12-8-10(2)13-11(3)9-12;2*1-2/h9-10,15-17,19-20,25,28,42H,7-8,11-14,18H2,1-6H3;10-11H,4-9H2,1-3H3;2*1-2H3. The maximum Gasteiger partial charge on any atom is 0.267 e. The summed E-state index contributed by atoms with van der Waals surface area (Å²) in [5.74, 6) is -4.89. The second kappa shape index (κ2) is 25.4. The van der Waals surface area contributed by atoms with E-state index < -0.39 is 43.9 Å². The Hall–Kier alpha value is -4.01. The number of unbranched alkanes of at least 4 members (excludes halogenated alkanes) is 2. The van der Waals surface area contributed by atoms with Gasteiger partial charge in [0.25, 0.3) is 5.56 Å². The smallest absolute Gasteiger partial charge is 0.267 e. The van der Waals surface area contributed by atoms with E-state index in [9.17, 15) is 30.8 Å². The van der Waals surface area contributed by atoms with Crippen molar-refractivity contribution < 1.29 is 30.7 Å². The van der Waals surface area contributed by atoms with Crippen LogP contribution in [0.5, 0.6) is 0 Å². The molecule has 14 heteroatoms. The average Bonchev–Trinajstić information content (AvgIpc) is 3.25. The van der Waals surface area contributed by atoms with Gasteiger partial charge in [-0.25, -0.2) is 35.9 Å². The Balaban J connectivity index is 0.000000577. The minimum absolute atomic E-state index is 0.121. The van der Waals surface area contributed by atoms with Crippen LogP contribution in [0.1, 0.15) is 172 Å². The Morgan fingerprint density at radius 3 is 2.05 bits per heavy atom. The SMILES string of the molecule is CC.CC.CCCCCN1CC(C)OC(C)C1.CCc1ccc(-n2c(C(Cc3cc(F)cc(F)c3)C(C)CC)nc3nc(C4CCC(F)(F)CC4)cc(C)c3c2=O)c(C)c1C(=N)S(C)(=O)=O. The fourth-order valence-electron chi connectivity index (χ4n) is 9.09. The number of pyridine rings is 1. The molecule has 0 radical (unpaired) electrons. The average molecular weight is 944 g/mol. The van der Waals surface area contributed by atoms with Crippen LogP contribution in [0.25, 0.3) is 16.7 Å². The van der Waals surface area contributed by atoms with Gasteiger partial charge < -0.3 is 4.74 Å². The lowest BCUT2D eigenvalue weighted by molar-refractivity contribution is -0.0681. The lowest BCUT2D eigenvalue weighted by atomic mass is 9.84. The summed E-state index contributed by atoms with van der Waals surface area (Å²) < 4.78 is 89.2. The molecule has 4 aromatic rings. The van der Waals surface area contributed by atoms with Crippen LogP contribution in [0.15, 0.2) is 41.2 Å². The number of morpholine rings is 1. The third-order valence-electron chi connectivity index (χ3n) is 12.6. The topological polar surface area (TPSA) is 118 Å². The largest absolute Gasteiger partial charge is 0.373 e. The lowest BCUT2D eigenvalue weighted by Crippen LogP contribution is -2.45. The first-order chi connectivity index (χ1) is 31.2. The van der Waals surface area contributed by atoms with Crippen LogP contribution in [0.2, 0.25) is 0 Å². The zero-order valence-corrected chi connectivity index (χ0v) is 42.7. The fraction of sp³-hybridized carbons (Fsp3) is 0.615. The summed E-state index contributed by atoms with van der Waals surface area (Å²) in [4.78, 5) is 27.1. The second-order valence-electron chi connectivity index (χ2n) is 17.7. The van der Waals surface area contributed by atoms with Gasteiger partial charge in [0.1, 0.15) is 17.5 Å². The molecule has 2 aliphatic rings. The number of nitrogens with zero attached hydrogens (tertiary/aromatic N) is 4. The molecule has 1 N–H and O–H groups in total. The molecule has 2 fully saturated rings. The molecular formula is C52H77F4N5O4S. The summed E-state index contributed by atoms with van der Waals surface area (Å²) in [6.07, 6.45) is 6.98. The third kappa shape index (κ3) is 14.5. The zero-order chi connectivity index (χ0) is 49.7. The molecule has 3 heterocycles. The van der Waals surface area contributed by atoms with Crippen molar-refractivity contribution in [3.8, 4) is 5.69 Å². The number of ether oxygens (including phenoxy) is 1.